The number of rotatable bonds is 8. The van der Waals surface area contributed by atoms with E-state index in [0.29, 0.717) is 6.54 Å². The Bertz CT molecular complexity index is 749. The highest BCUT2D eigenvalue weighted by Crippen LogP contribution is 2.23. The largest absolute Gasteiger partial charge is 0.465 e. The molecule has 0 saturated carbocycles. The number of nitrogens with zero attached hydrogens (tertiary/aromatic N) is 5. The molecule has 0 radical (unpaired) electrons. The van der Waals surface area contributed by atoms with Crippen LogP contribution in [0.2, 0.25) is 0 Å². The number of aromatic nitrogens is 3. The van der Waals surface area contributed by atoms with E-state index in [4.69, 9.17) is 9.15 Å². The Morgan fingerprint density at radius 2 is 2.11 bits per heavy atom. The van der Waals surface area contributed by atoms with E-state index < -0.39 is 0 Å². The van der Waals surface area contributed by atoms with Crippen LogP contribution in [0, 0.1) is 6.92 Å². The Morgan fingerprint density at radius 1 is 1.29 bits per heavy atom. The van der Waals surface area contributed by atoms with Gasteiger partial charge in [0, 0.05) is 46.2 Å². The molecule has 1 aliphatic rings. The minimum absolute atomic E-state index is 0.140. The summed E-state index contributed by atoms with van der Waals surface area (Å²) in [7, 11) is 1.78. The Kier molecular flexibility index (Phi) is 7.44. The zero-order chi connectivity index (χ0) is 19.8. The molecule has 0 spiro atoms. The van der Waals surface area contributed by atoms with Crippen molar-refractivity contribution in [3.8, 4) is 0 Å². The second-order valence-electron chi connectivity index (χ2n) is 6.79. The topological polar surface area (TPSA) is 92.7 Å². The average molecular weight is 390 g/mol. The van der Waals surface area contributed by atoms with Crippen LogP contribution in [0.4, 0.5) is 0 Å². The summed E-state index contributed by atoms with van der Waals surface area (Å²) in [6.45, 7) is 9.59. The van der Waals surface area contributed by atoms with Crippen molar-refractivity contribution in [1.29, 1.82) is 0 Å². The van der Waals surface area contributed by atoms with Crippen molar-refractivity contribution < 1.29 is 9.15 Å². The molecule has 28 heavy (non-hydrogen) atoms. The molecule has 1 unspecified atom stereocenters. The SMILES string of the molecule is CCc1nncn1CCNC(=NC)NCC(c1ccc(C)o1)N1CCOCC1. The van der Waals surface area contributed by atoms with Crippen LogP contribution in [0.3, 0.4) is 0 Å². The summed E-state index contributed by atoms with van der Waals surface area (Å²) in [6, 6.07) is 4.21. The van der Waals surface area contributed by atoms with E-state index >= 15 is 0 Å². The quantitative estimate of drug-likeness (QED) is 0.513. The molecule has 3 heterocycles. The first-order valence-corrected chi connectivity index (χ1v) is 9.90. The molecule has 0 bridgehead atoms. The minimum atomic E-state index is 0.140. The van der Waals surface area contributed by atoms with Gasteiger partial charge in [0.25, 0.3) is 0 Å². The molecule has 1 aliphatic heterocycles. The molecule has 0 aromatic carbocycles. The van der Waals surface area contributed by atoms with Gasteiger partial charge in [-0.2, -0.15) is 0 Å². The van der Waals surface area contributed by atoms with Gasteiger partial charge in [0.1, 0.15) is 23.7 Å². The second kappa shape index (κ2) is 10.2. The molecule has 9 heteroatoms. The number of morpholine rings is 1. The third-order valence-corrected chi connectivity index (χ3v) is 4.92. The summed E-state index contributed by atoms with van der Waals surface area (Å²) in [4.78, 5) is 6.74. The fourth-order valence-corrected chi connectivity index (χ4v) is 3.38. The smallest absolute Gasteiger partial charge is 0.191 e. The number of aryl methyl sites for hydroxylation is 2. The van der Waals surface area contributed by atoms with Gasteiger partial charge < -0.3 is 24.4 Å². The molecule has 2 N–H and O–H groups in total. The number of hydrogen-bond acceptors (Lipinski definition) is 6. The van der Waals surface area contributed by atoms with Crippen LogP contribution >= 0.6 is 0 Å². The van der Waals surface area contributed by atoms with Gasteiger partial charge in [-0.05, 0) is 19.1 Å². The predicted molar refractivity (Wildman–Crippen MR) is 107 cm³/mol. The summed E-state index contributed by atoms with van der Waals surface area (Å²) >= 11 is 0. The van der Waals surface area contributed by atoms with E-state index in [2.05, 4.69) is 48.3 Å². The van der Waals surface area contributed by atoms with Crippen LogP contribution in [0.5, 0.6) is 0 Å². The van der Waals surface area contributed by atoms with Crippen LogP contribution in [-0.4, -0.2) is 72.1 Å². The first-order chi connectivity index (χ1) is 13.7. The first kappa shape index (κ1) is 20.3. The summed E-state index contributed by atoms with van der Waals surface area (Å²) in [5.41, 5.74) is 0. The summed E-state index contributed by atoms with van der Waals surface area (Å²) in [5, 5.41) is 14.9. The molecule has 0 aliphatic carbocycles. The number of ether oxygens (including phenoxy) is 1. The Balaban J connectivity index is 1.54. The molecule has 3 rings (SSSR count). The third-order valence-electron chi connectivity index (χ3n) is 4.92. The Labute approximate surface area is 166 Å². The lowest BCUT2D eigenvalue weighted by molar-refractivity contribution is 0.0124. The van der Waals surface area contributed by atoms with Gasteiger partial charge in [0.15, 0.2) is 5.96 Å². The first-order valence-electron chi connectivity index (χ1n) is 9.90. The molecule has 1 saturated heterocycles. The fourth-order valence-electron chi connectivity index (χ4n) is 3.38. The average Bonchev–Trinajstić information content (AvgIpc) is 3.36. The van der Waals surface area contributed by atoms with Crippen molar-refractivity contribution in [3.05, 3.63) is 35.8 Å². The molecule has 2 aromatic rings. The summed E-state index contributed by atoms with van der Waals surface area (Å²) in [5.74, 6) is 3.66. The van der Waals surface area contributed by atoms with E-state index in [1.807, 2.05) is 13.0 Å². The fraction of sp³-hybridized carbons (Fsp3) is 0.632. The third kappa shape index (κ3) is 5.32. The highest BCUT2D eigenvalue weighted by atomic mass is 16.5. The normalized spacial score (nSPS) is 16.9. The summed E-state index contributed by atoms with van der Waals surface area (Å²) < 4.78 is 13.5. The molecule has 154 valence electrons. The number of furan rings is 1. The van der Waals surface area contributed by atoms with Gasteiger partial charge in [0.2, 0.25) is 0 Å². The number of hydrogen-bond donors (Lipinski definition) is 2. The second-order valence-corrected chi connectivity index (χ2v) is 6.79. The maximum atomic E-state index is 5.92. The number of nitrogens with one attached hydrogen (secondary N) is 2. The van der Waals surface area contributed by atoms with Crippen molar-refractivity contribution in [1.82, 2.24) is 30.3 Å². The zero-order valence-electron chi connectivity index (χ0n) is 17.0. The van der Waals surface area contributed by atoms with Crippen LogP contribution in [0.25, 0.3) is 0 Å². The van der Waals surface area contributed by atoms with Crippen molar-refractivity contribution in [2.24, 2.45) is 4.99 Å². The molecule has 2 aromatic heterocycles. The predicted octanol–water partition coefficient (Wildman–Crippen LogP) is 0.980. The van der Waals surface area contributed by atoms with Crippen molar-refractivity contribution >= 4 is 5.96 Å². The van der Waals surface area contributed by atoms with Gasteiger partial charge in [-0.1, -0.05) is 6.92 Å². The Hall–Kier alpha value is -2.39. The van der Waals surface area contributed by atoms with Gasteiger partial charge >= 0.3 is 0 Å². The van der Waals surface area contributed by atoms with E-state index in [1.165, 1.54) is 0 Å². The molecule has 0 amide bonds. The van der Waals surface area contributed by atoms with E-state index in [-0.39, 0.29) is 6.04 Å². The lowest BCUT2D eigenvalue weighted by atomic mass is 10.1. The van der Waals surface area contributed by atoms with Crippen LogP contribution in [-0.2, 0) is 17.7 Å². The van der Waals surface area contributed by atoms with Gasteiger partial charge in [-0.25, -0.2) is 0 Å². The molecule has 1 atom stereocenters. The molecule has 9 nitrogen and oxygen atoms in total. The van der Waals surface area contributed by atoms with E-state index in [0.717, 1.165) is 69.1 Å². The number of guanidine groups is 1. The van der Waals surface area contributed by atoms with Gasteiger partial charge in [-0.3, -0.25) is 9.89 Å². The van der Waals surface area contributed by atoms with Crippen molar-refractivity contribution in [2.75, 3.05) is 46.4 Å². The van der Waals surface area contributed by atoms with Gasteiger partial charge in [0.05, 0.1) is 19.3 Å². The van der Waals surface area contributed by atoms with Gasteiger partial charge in [-0.15, -0.1) is 10.2 Å². The van der Waals surface area contributed by atoms with E-state index in [9.17, 15) is 0 Å². The molecular formula is C19H31N7O2. The standard InChI is InChI=1S/C19H31N7O2/c1-4-18-24-23-14-26(18)8-7-21-19(20-3)22-13-16(17-6-5-15(2)28-17)25-9-11-27-12-10-25/h5-6,14,16H,4,7-13H2,1-3H3,(H2,20,21,22). The minimum Gasteiger partial charge on any atom is -0.465 e. The van der Waals surface area contributed by atoms with Crippen molar-refractivity contribution in [2.45, 2.75) is 32.9 Å². The molecule has 1 fully saturated rings. The zero-order valence-corrected chi connectivity index (χ0v) is 17.0. The lowest BCUT2D eigenvalue weighted by Crippen LogP contribution is -2.46. The Morgan fingerprint density at radius 3 is 2.79 bits per heavy atom. The van der Waals surface area contributed by atoms with Crippen LogP contribution in [0.15, 0.2) is 27.9 Å². The maximum absolute atomic E-state index is 5.92. The maximum Gasteiger partial charge on any atom is 0.191 e. The van der Waals surface area contributed by atoms with Crippen LogP contribution < -0.4 is 10.6 Å². The molecular weight excluding hydrogens is 358 g/mol. The monoisotopic (exact) mass is 389 g/mol. The highest BCUT2D eigenvalue weighted by molar-refractivity contribution is 5.79. The lowest BCUT2D eigenvalue weighted by Gasteiger charge is -2.33. The van der Waals surface area contributed by atoms with E-state index in [1.54, 1.807) is 13.4 Å². The highest BCUT2D eigenvalue weighted by Gasteiger charge is 2.25. The van der Waals surface area contributed by atoms with Crippen LogP contribution in [0.1, 0.15) is 30.3 Å². The van der Waals surface area contributed by atoms with Crippen molar-refractivity contribution in [3.63, 3.8) is 0 Å². The summed E-state index contributed by atoms with van der Waals surface area (Å²) in [6.07, 6.45) is 2.64. The number of aliphatic imine (C=N–C) groups is 1.